The van der Waals surface area contributed by atoms with Gasteiger partial charge in [-0.25, -0.2) is 0 Å². The molecule has 1 unspecified atom stereocenters. The molecule has 0 bridgehead atoms. The summed E-state index contributed by atoms with van der Waals surface area (Å²) in [5, 5.41) is 2.69. The van der Waals surface area contributed by atoms with Gasteiger partial charge >= 0.3 is 0 Å². The molecular weight excluding hydrogens is 384 g/mol. The highest BCUT2D eigenvalue weighted by Gasteiger charge is 2.34. The number of carbonyl (C=O) groups excluding carboxylic acids is 2. The van der Waals surface area contributed by atoms with E-state index < -0.39 is 11.8 Å². The summed E-state index contributed by atoms with van der Waals surface area (Å²) >= 11 is 5.24. The van der Waals surface area contributed by atoms with Crippen molar-refractivity contribution < 1.29 is 14.3 Å². The van der Waals surface area contributed by atoms with Gasteiger partial charge in [-0.3, -0.25) is 19.8 Å². The third kappa shape index (κ3) is 4.71. The second kappa shape index (κ2) is 9.01. The Kier molecular flexibility index (Phi) is 6.44. The number of nitrogens with one attached hydrogen (secondary N) is 1. The minimum Gasteiger partial charge on any atom is -0.491 e. The quantitative estimate of drug-likeness (QED) is 0.441. The highest BCUT2D eigenvalue weighted by Crippen LogP contribution is 2.23. The van der Waals surface area contributed by atoms with Gasteiger partial charge < -0.3 is 4.74 Å². The van der Waals surface area contributed by atoms with E-state index in [0.717, 1.165) is 29.7 Å². The zero-order valence-corrected chi connectivity index (χ0v) is 17.6. The van der Waals surface area contributed by atoms with Crippen molar-refractivity contribution in [3.8, 4) is 5.75 Å². The number of anilines is 1. The molecule has 1 heterocycles. The van der Waals surface area contributed by atoms with E-state index in [1.807, 2.05) is 55.5 Å². The maximum absolute atomic E-state index is 13.0. The van der Waals surface area contributed by atoms with Gasteiger partial charge in [0.05, 0.1) is 11.8 Å². The van der Waals surface area contributed by atoms with Crippen molar-refractivity contribution in [2.45, 2.75) is 39.7 Å². The van der Waals surface area contributed by atoms with E-state index in [-0.39, 0.29) is 16.8 Å². The van der Waals surface area contributed by atoms with Gasteiger partial charge in [-0.1, -0.05) is 38.1 Å². The SMILES string of the molecule is CCc1ccc(N2C(=O)C(=Cc3ccc(OC(C)CC)cc3)C(=O)NC2=S)cc1. The molecule has 2 aromatic carbocycles. The van der Waals surface area contributed by atoms with E-state index in [0.29, 0.717) is 5.69 Å². The van der Waals surface area contributed by atoms with Gasteiger partial charge in [0.2, 0.25) is 0 Å². The van der Waals surface area contributed by atoms with Crippen molar-refractivity contribution >= 4 is 40.9 Å². The van der Waals surface area contributed by atoms with Crippen molar-refractivity contribution in [3.05, 3.63) is 65.2 Å². The summed E-state index contributed by atoms with van der Waals surface area (Å²) in [6, 6.07) is 14.9. The summed E-state index contributed by atoms with van der Waals surface area (Å²) in [6.45, 7) is 6.13. The van der Waals surface area contributed by atoms with Crippen LogP contribution in [0.3, 0.4) is 0 Å². The smallest absolute Gasteiger partial charge is 0.270 e. The molecule has 0 aliphatic carbocycles. The Morgan fingerprint density at radius 3 is 2.31 bits per heavy atom. The van der Waals surface area contributed by atoms with Crippen LogP contribution in [-0.2, 0) is 16.0 Å². The molecule has 1 fully saturated rings. The average molecular weight is 409 g/mol. The number of hydrogen-bond donors (Lipinski definition) is 1. The second-order valence-corrected chi connectivity index (χ2v) is 7.27. The van der Waals surface area contributed by atoms with Gasteiger partial charge in [-0.15, -0.1) is 0 Å². The van der Waals surface area contributed by atoms with Gasteiger partial charge in [0.1, 0.15) is 11.3 Å². The van der Waals surface area contributed by atoms with E-state index >= 15 is 0 Å². The summed E-state index contributed by atoms with van der Waals surface area (Å²) in [5.41, 5.74) is 2.55. The first-order valence-corrected chi connectivity index (χ1v) is 10.1. The molecule has 1 saturated heterocycles. The van der Waals surface area contributed by atoms with Gasteiger partial charge in [-0.05, 0) is 73.5 Å². The molecule has 1 aliphatic rings. The lowest BCUT2D eigenvalue weighted by Gasteiger charge is -2.29. The molecule has 0 saturated carbocycles. The molecule has 1 aliphatic heterocycles. The fourth-order valence-electron chi connectivity index (χ4n) is 2.90. The van der Waals surface area contributed by atoms with Crippen LogP contribution in [0.2, 0.25) is 0 Å². The summed E-state index contributed by atoms with van der Waals surface area (Å²) in [5.74, 6) is -0.191. The number of aryl methyl sites for hydroxylation is 1. The maximum atomic E-state index is 13.0. The Bertz CT molecular complexity index is 949. The number of carbonyl (C=O) groups is 2. The van der Waals surface area contributed by atoms with Crippen LogP contribution in [0.5, 0.6) is 5.75 Å². The van der Waals surface area contributed by atoms with Crippen molar-refractivity contribution in [2.24, 2.45) is 0 Å². The Hall–Kier alpha value is -2.99. The van der Waals surface area contributed by atoms with Crippen molar-refractivity contribution in [3.63, 3.8) is 0 Å². The minimum atomic E-state index is -0.499. The van der Waals surface area contributed by atoms with E-state index in [2.05, 4.69) is 19.2 Å². The fourth-order valence-corrected chi connectivity index (χ4v) is 3.18. The van der Waals surface area contributed by atoms with Crippen LogP contribution >= 0.6 is 12.2 Å². The summed E-state index contributed by atoms with van der Waals surface area (Å²) < 4.78 is 5.77. The predicted octanol–water partition coefficient (Wildman–Crippen LogP) is 4.26. The fraction of sp³-hybridized carbons (Fsp3) is 0.261. The van der Waals surface area contributed by atoms with Gasteiger partial charge in [-0.2, -0.15) is 0 Å². The van der Waals surface area contributed by atoms with E-state index in [9.17, 15) is 9.59 Å². The zero-order chi connectivity index (χ0) is 21.0. The average Bonchev–Trinajstić information content (AvgIpc) is 2.72. The van der Waals surface area contributed by atoms with Crippen molar-refractivity contribution in [1.82, 2.24) is 5.32 Å². The number of hydrogen-bond acceptors (Lipinski definition) is 4. The molecule has 0 spiro atoms. The molecule has 29 heavy (non-hydrogen) atoms. The van der Waals surface area contributed by atoms with Gasteiger partial charge in [0, 0.05) is 0 Å². The van der Waals surface area contributed by atoms with Crippen LogP contribution in [0.4, 0.5) is 5.69 Å². The minimum absolute atomic E-state index is 0.0359. The van der Waals surface area contributed by atoms with Crippen LogP contribution in [0.1, 0.15) is 38.3 Å². The number of thiocarbonyl (C=S) groups is 1. The number of benzene rings is 2. The maximum Gasteiger partial charge on any atom is 0.270 e. The Morgan fingerprint density at radius 2 is 1.72 bits per heavy atom. The third-order valence-corrected chi connectivity index (χ3v) is 5.09. The van der Waals surface area contributed by atoms with Crippen LogP contribution in [0.25, 0.3) is 6.08 Å². The van der Waals surface area contributed by atoms with E-state index in [1.54, 1.807) is 6.08 Å². The summed E-state index contributed by atoms with van der Waals surface area (Å²) in [7, 11) is 0. The number of nitrogens with zero attached hydrogens (tertiary/aromatic N) is 1. The van der Waals surface area contributed by atoms with Crippen molar-refractivity contribution in [2.75, 3.05) is 4.90 Å². The Labute approximate surface area is 176 Å². The number of amides is 2. The van der Waals surface area contributed by atoms with Gasteiger partial charge in [0.15, 0.2) is 5.11 Å². The molecule has 0 radical (unpaired) electrons. The first-order valence-electron chi connectivity index (χ1n) is 9.70. The molecule has 2 amide bonds. The van der Waals surface area contributed by atoms with Crippen LogP contribution < -0.4 is 15.0 Å². The summed E-state index contributed by atoms with van der Waals surface area (Å²) in [6.07, 6.45) is 3.51. The molecular formula is C23H24N2O3S. The lowest BCUT2D eigenvalue weighted by molar-refractivity contribution is -0.122. The Morgan fingerprint density at radius 1 is 1.07 bits per heavy atom. The number of rotatable bonds is 6. The molecule has 6 heteroatoms. The lowest BCUT2D eigenvalue weighted by Crippen LogP contribution is -2.54. The largest absolute Gasteiger partial charge is 0.491 e. The van der Waals surface area contributed by atoms with Crippen LogP contribution in [-0.4, -0.2) is 23.0 Å². The Balaban J connectivity index is 1.86. The van der Waals surface area contributed by atoms with Crippen LogP contribution in [0.15, 0.2) is 54.1 Å². The first-order chi connectivity index (χ1) is 13.9. The molecule has 150 valence electrons. The highest BCUT2D eigenvalue weighted by atomic mass is 32.1. The second-order valence-electron chi connectivity index (χ2n) is 6.88. The topological polar surface area (TPSA) is 58.6 Å². The van der Waals surface area contributed by atoms with Crippen LogP contribution in [0, 0.1) is 0 Å². The van der Waals surface area contributed by atoms with E-state index in [1.165, 1.54) is 4.90 Å². The molecule has 2 aromatic rings. The molecule has 3 rings (SSSR count). The lowest BCUT2D eigenvalue weighted by atomic mass is 10.1. The monoisotopic (exact) mass is 408 g/mol. The molecule has 1 N–H and O–H groups in total. The first kappa shape index (κ1) is 20.7. The molecule has 0 aromatic heterocycles. The highest BCUT2D eigenvalue weighted by molar-refractivity contribution is 7.80. The summed E-state index contributed by atoms with van der Waals surface area (Å²) in [4.78, 5) is 26.8. The third-order valence-electron chi connectivity index (χ3n) is 4.81. The zero-order valence-electron chi connectivity index (χ0n) is 16.8. The van der Waals surface area contributed by atoms with Gasteiger partial charge in [0.25, 0.3) is 11.8 Å². The van der Waals surface area contributed by atoms with Crippen molar-refractivity contribution in [1.29, 1.82) is 0 Å². The van der Waals surface area contributed by atoms with E-state index in [4.69, 9.17) is 17.0 Å². The standard InChI is InChI=1S/C23H24N2O3S/c1-4-15(3)28-19-12-8-17(9-13-19)14-20-21(26)24-23(29)25(22(20)27)18-10-6-16(5-2)7-11-18/h6-15H,4-5H2,1-3H3,(H,24,26,29). The molecule has 5 nitrogen and oxygen atoms in total. The predicted molar refractivity (Wildman–Crippen MR) is 119 cm³/mol. The number of ether oxygens (including phenoxy) is 1. The normalized spacial score (nSPS) is 16.7. The molecule has 1 atom stereocenters.